The number of rotatable bonds is 5. The van der Waals surface area contributed by atoms with Crippen LogP contribution < -0.4 is 4.74 Å². The molecule has 26 heavy (non-hydrogen) atoms. The molecule has 0 N–H and O–H groups in total. The number of hydrogen-bond donors (Lipinski definition) is 0. The quantitative estimate of drug-likeness (QED) is 0.465. The maximum absolute atomic E-state index is 12.1. The van der Waals surface area contributed by atoms with Crippen molar-refractivity contribution in [2.45, 2.75) is 0 Å². The van der Waals surface area contributed by atoms with Crippen LogP contribution in [0.1, 0.15) is 36.6 Å². The van der Waals surface area contributed by atoms with Crippen LogP contribution >= 0.6 is 0 Å². The SMILES string of the molecule is CN1C(=O)c2ccc(C(=O)OCCOc3ccc(C#N)cc3)cc2C1=O. The van der Waals surface area contributed by atoms with Gasteiger partial charge in [-0.15, -0.1) is 0 Å². The van der Waals surface area contributed by atoms with E-state index in [0.717, 1.165) is 4.90 Å². The Morgan fingerprint density at radius 1 is 1.04 bits per heavy atom. The monoisotopic (exact) mass is 350 g/mol. The number of fused-ring (bicyclic) bond motifs is 1. The van der Waals surface area contributed by atoms with Crippen LogP contribution in [0.4, 0.5) is 0 Å². The number of carbonyl (C=O) groups is 3. The normalized spacial score (nSPS) is 12.5. The van der Waals surface area contributed by atoms with E-state index in [9.17, 15) is 14.4 Å². The van der Waals surface area contributed by atoms with E-state index in [0.29, 0.717) is 11.3 Å². The second-order valence-electron chi connectivity index (χ2n) is 5.55. The van der Waals surface area contributed by atoms with Gasteiger partial charge in [-0.3, -0.25) is 14.5 Å². The van der Waals surface area contributed by atoms with Crippen molar-refractivity contribution in [3.8, 4) is 11.8 Å². The van der Waals surface area contributed by atoms with E-state index in [1.807, 2.05) is 6.07 Å². The zero-order valence-corrected chi connectivity index (χ0v) is 13.9. The zero-order chi connectivity index (χ0) is 18.7. The molecule has 7 nitrogen and oxygen atoms in total. The number of benzene rings is 2. The van der Waals surface area contributed by atoms with Gasteiger partial charge in [-0.2, -0.15) is 5.26 Å². The van der Waals surface area contributed by atoms with Crippen LogP contribution in [-0.2, 0) is 4.74 Å². The van der Waals surface area contributed by atoms with Gasteiger partial charge < -0.3 is 9.47 Å². The van der Waals surface area contributed by atoms with Crippen LogP contribution in [0.15, 0.2) is 42.5 Å². The summed E-state index contributed by atoms with van der Waals surface area (Å²) in [5, 5.41) is 8.73. The lowest BCUT2D eigenvalue weighted by Gasteiger charge is -2.08. The molecule has 3 rings (SSSR count). The van der Waals surface area contributed by atoms with Crippen molar-refractivity contribution in [3.05, 3.63) is 64.7 Å². The van der Waals surface area contributed by atoms with Gasteiger partial charge in [0, 0.05) is 7.05 Å². The third kappa shape index (κ3) is 3.26. The minimum Gasteiger partial charge on any atom is -0.490 e. The van der Waals surface area contributed by atoms with Crippen LogP contribution in [0.5, 0.6) is 5.75 Å². The molecule has 0 unspecified atom stereocenters. The average molecular weight is 350 g/mol. The van der Waals surface area contributed by atoms with Crippen molar-refractivity contribution >= 4 is 17.8 Å². The number of carbonyl (C=O) groups excluding carboxylic acids is 3. The zero-order valence-electron chi connectivity index (χ0n) is 13.9. The Bertz CT molecular complexity index is 928. The predicted molar refractivity (Wildman–Crippen MR) is 89.8 cm³/mol. The molecule has 0 atom stereocenters. The highest BCUT2D eigenvalue weighted by Crippen LogP contribution is 2.23. The lowest BCUT2D eigenvalue weighted by atomic mass is 10.1. The Balaban J connectivity index is 1.55. The van der Waals surface area contributed by atoms with Gasteiger partial charge in [-0.1, -0.05) is 0 Å². The van der Waals surface area contributed by atoms with Crippen molar-refractivity contribution in [2.24, 2.45) is 0 Å². The van der Waals surface area contributed by atoms with Crippen molar-refractivity contribution in [3.63, 3.8) is 0 Å². The van der Waals surface area contributed by atoms with Crippen molar-refractivity contribution < 1.29 is 23.9 Å². The Morgan fingerprint density at radius 2 is 1.73 bits per heavy atom. The van der Waals surface area contributed by atoms with Crippen LogP contribution in [0.25, 0.3) is 0 Å². The molecular formula is C19H14N2O5. The molecule has 0 spiro atoms. The number of ether oxygens (including phenoxy) is 2. The highest BCUT2D eigenvalue weighted by molar-refractivity contribution is 6.21. The highest BCUT2D eigenvalue weighted by atomic mass is 16.6. The summed E-state index contributed by atoms with van der Waals surface area (Å²) in [4.78, 5) is 36.9. The van der Waals surface area contributed by atoms with E-state index in [-0.39, 0.29) is 35.8 Å². The molecule has 1 aliphatic heterocycles. The molecule has 7 heteroatoms. The van der Waals surface area contributed by atoms with Gasteiger partial charge in [0.1, 0.15) is 19.0 Å². The topological polar surface area (TPSA) is 96.7 Å². The third-order valence-electron chi connectivity index (χ3n) is 3.89. The molecule has 2 aromatic carbocycles. The van der Waals surface area contributed by atoms with Crippen molar-refractivity contribution in [1.29, 1.82) is 5.26 Å². The van der Waals surface area contributed by atoms with E-state index in [4.69, 9.17) is 14.7 Å². The van der Waals surface area contributed by atoms with Crippen LogP contribution in [0.2, 0.25) is 0 Å². The van der Waals surface area contributed by atoms with Crippen LogP contribution in [0.3, 0.4) is 0 Å². The fourth-order valence-corrected chi connectivity index (χ4v) is 2.49. The first-order valence-corrected chi connectivity index (χ1v) is 7.78. The van der Waals surface area contributed by atoms with E-state index < -0.39 is 11.9 Å². The van der Waals surface area contributed by atoms with Gasteiger partial charge >= 0.3 is 5.97 Å². The van der Waals surface area contributed by atoms with E-state index in [1.54, 1.807) is 24.3 Å². The molecule has 2 aromatic rings. The van der Waals surface area contributed by atoms with Gasteiger partial charge in [-0.25, -0.2) is 4.79 Å². The number of nitrogens with zero attached hydrogens (tertiary/aromatic N) is 2. The summed E-state index contributed by atoms with van der Waals surface area (Å²) in [7, 11) is 1.39. The molecule has 1 aliphatic rings. The molecule has 0 saturated carbocycles. The molecule has 0 fully saturated rings. The molecule has 130 valence electrons. The first kappa shape index (κ1) is 17.2. The maximum Gasteiger partial charge on any atom is 0.338 e. The fraction of sp³-hybridized carbons (Fsp3) is 0.158. The smallest absolute Gasteiger partial charge is 0.338 e. The standard InChI is InChI=1S/C19H14N2O5/c1-21-17(22)15-7-4-13(10-16(15)18(21)23)19(24)26-9-8-25-14-5-2-12(11-20)3-6-14/h2-7,10H,8-9H2,1H3. The summed E-state index contributed by atoms with van der Waals surface area (Å²) in [6.45, 7) is 0.158. The van der Waals surface area contributed by atoms with Crippen LogP contribution in [-0.4, -0.2) is 42.9 Å². The minimum atomic E-state index is -0.606. The maximum atomic E-state index is 12.1. The lowest BCUT2D eigenvalue weighted by molar-refractivity contribution is 0.0450. The van der Waals surface area contributed by atoms with Gasteiger partial charge in [0.2, 0.25) is 0 Å². The number of esters is 1. The lowest BCUT2D eigenvalue weighted by Crippen LogP contribution is -2.24. The summed E-state index contributed by atoms with van der Waals surface area (Å²) >= 11 is 0. The summed E-state index contributed by atoms with van der Waals surface area (Å²) in [6.07, 6.45) is 0. The average Bonchev–Trinajstić information content (AvgIpc) is 2.89. The largest absolute Gasteiger partial charge is 0.490 e. The predicted octanol–water partition coefficient (Wildman–Crippen LogP) is 2.02. The Hall–Kier alpha value is -3.66. The van der Waals surface area contributed by atoms with Gasteiger partial charge in [0.25, 0.3) is 11.8 Å². The minimum absolute atomic E-state index is 0.0166. The first-order chi connectivity index (χ1) is 12.5. The van der Waals surface area contributed by atoms with E-state index >= 15 is 0 Å². The Kier molecular flexibility index (Phi) is 4.67. The molecule has 1 heterocycles. The van der Waals surface area contributed by atoms with Crippen molar-refractivity contribution in [1.82, 2.24) is 4.90 Å². The third-order valence-corrected chi connectivity index (χ3v) is 3.89. The molecular weight excluding hydrogens is 336 g/mol. The van der Waals surface area contributed by atoms with E-state index in [2.05, 4.69) is 0 Å². The molecule has 2 amide bonds. The summed E-state index contributed by atoms with van der Waals surface area (Å²) in [5.74, 6) is -0.875. The Morgan fingerprint density at radius 3 is 2.42 bits per heavy atom. The first-order valence-electron chi connectivity index (χ1n) is 7.78. The summed E-state index contributed by atoms with van der Waals surface area (Å²) < 4.78 is 10.5. The molecule has 0 bridgehead atoms. The number of nitriles is 1. The van der Waals surface area contributed by atoms with E-state index in [1.165, 1.54) is 25.2 Å². The number of hydrogen-bond acceptors (Lipinski definition) is 6. The Labute approximate surface area is 149 Å². The highest BCUT2D eigenvalue weighted by Gasteiger charge is 2.33. The summed E-state index contributed by atoms with van der Waals surface area (Å²) in [5.41, 5.74) is 1.19. The molecule has 0 saturated heterocycles. The van der Waals surface area contributed by atoms with Gasteiger partial charge in [-0.05, 0) is 42.5 Å². The molecule has 0 aliphatic carbocycles. The number of amides is 2. The fourth-order valence-electron chi connectivity index (χ4n) is 2.49. The van der Waals surface area contributed by atoms with Gasteiger partial charge in [0.15, 0.2) is 0 Å². The second kappa shape index (κ2) is 7.07. The number of imide groups is 1. The molecule has 0 aromatic heterocycles. The second-order valence-corrected chi connectivity index (χ2v) is 5.55. The summed E-state index contributed by atoms with van der Waals surface area (Å²) in [6, 6.07) is 12.8. The molecule has 0 radical (unpaired) electrons. The van der Waals surface area contributed by atoms with Crippen LogP contribution in [0, 0.1) is 11.3 Å². The van der Waals surface area contributed by atoms with Gasteiger partial charge in [0.05, 0.1) is 28.3 Å². The van der Waals surface area contributed by atoms with Crippen molar-refractivity contribution in [2.75, 3.05) is 20.3 Å².